The van der Waals surface area contributed by atoms with E-state index in [2.05, 4.69) is 10.6 Å². The zero-order chi connectivity index (χ0) is 23.8. The minimum Gasteiger partial charge on any atom is -0.497 e. The van der Waals surface area contributed by atoms with E-state index in [0.29, 0.717) is 39.7 Å². The van der Waals surface area contributed by atoms with Crippen molar-refractivity contribution in [3.05, 3.63) is 83.4 Å². The summed E-state index contributed by atoms with van der Waals surface area (Å²) in [5.74, 6) is 1.53. The van der Waals surface area contributed by atoms with E-state index in [1.165, 1.54) is 14.2 Å². The molecule has 2 amide bonds. The number of hydrogen-bond donors (Lipinski definition) is 2. The van der Waals surface area contributed by atoms with Gasteiger partial charge in [0.25, 0.3) is 11.8 Å². The second-order valence-electron chi connectivity index (χ2n) is 6.95. The van der Waals surface area contributed by atoms with Gasteiger partial charge in [-0.05, 0) is 66.2 Å². The van der Waals surface area contributed by atoms with Gasteiger partial charge in [-0.2, -0.15) is 0 Å². The lowest BCUT2D eigenvalue weighted by Gasteiger charge is -2.22. The number of methoxy groups -OCH3 is 4. The molecule has 0 spiro atoms. The van der Waals surface area contributed by atoms with E-state index in [0.717, 1.165) is 0 Å². The van der Waals surface area contributed by atoms with Gasteiger partial charge in [0.15, 0.2) is 11.5 Å². The topological polar surface area (TPSA) is 95.1 Å². The first-order valence-electron chi connectivity index (χ1n) is 10.1. The summed E-state index contributed by atoms with van der Waals surface area (Å²) in [4.78, 5) is 25.9. The number of amides is 2. The number of rotatable bonds is 9. The minimum atomic E-state index is -0.839. The third kappa shape index (κ3) is 5.74. The zero-order valence-electron chi connectivity index (χ0n) is 18.9. The first kappa shape index (κ1) is 23.5. The molecule has 0 radical (unpaired) electrons. The quantitative estimate of drug-likeness (QED) is 0.484. The Labute approximate surface area is 192 Å². The van der Waals surface area contributed by atoms with Crippen LogP contribution in [0, 0.1) is 0 Å². The van der Waals surface area contributed by atoms with Gasteiger partial charge in [0.05, 0.1) is 28.4 Å². The van der Waals surface area contributed by atoms with Gasteiger partial charge < -0.3 is 29.6 Å². The van der Waals surface area contributed by atoms with E-state index in [1.54, 1.807) is 80.9 Å². The van der Waals surface area contributed by atoms with E-state index < -0.39 is 6.17 Å². The molecule has 0 unspecified atom stereocenters. The molecule has 3 rings (SSSR count). The molecule has 0 saturated heterocycles. The SMILES string of the molecule is COc1ccc(C(=O)NC(NC(=O)c2ccc(OC)cc2)c2ccc(OC)c(OC)c2)cc1. The van der Waals surface area contributed by atoms with Crippen molar-refractivity contribution in [2.24, 2.45) is 0 Å². The molecule has 8 heteroatoms. The monoisotopic (exact) mass is 450 g/mol. The molecule has 33 heavy (non-hydrogen) atoms. The maximum Gasteiger partial charge on any atom is 0.253 e. The zero-order valence-corrected chi connectivity index (χ0v) is 18.9. The summed E-state index contributed by atoms with van der Waals surface area (Å²) in [7, 11) is 6.15. The van der Waals surface area contributed by atoms with Crippen LogP contribution >= 0.6 is 0 Å². The highest BCUT2D eigenvalue weighted by molar-refractivity contribution is 5.97. The number of hydrogen-bond acceptors (Lipinski definition) is 6. The van der Waals surface area contributed by atoms with Crippen molar-refractivity contribution in [2.75, 3.05) is 28.4 Å². The molecule has 0 aliphatic carbocycles. The van der Waals surface area contributed by atoms with Gasteiger partial charge in [0.1, 0.15) is 17.7 Å². The van der Waals surface area contributed by atoms with Crippen LogP contribution in [0.15, 0.2) is 66.7 Å². The fraction of sp³-hybridized carbons (Fsp3) is 0.200. The number of ether oxygens (including phenoxy) is 4. The lowest BCUT2D eigenvalue weighted by Crippen LogP contribution is -2.41. The molecule has 0 aliphatic rings. The molecule has 0 bridgehead atoms. The third-order valence-electron chi connectivity index (χ3n) is 5.00. The molecular formula is C25H26N2O6. The maximum absolute atomic E-state index is 12.9. The Morgan fingerprint density at radius 3 is 1.45 bits per heavy atom. The van der Waals surface area contributed by atoms with Crippen molar-refractivity contribution < 1.29 is 28.5 Å². The number of nitrogens with one attached hydrogen (secondary N) is 2. The largest absolute Gasteiger partial charge is 0.497 e. The average molecular weight is 450 g/mol. The Hall–Kier alpha value is -4.20. The van der Waals surface area contributed by atoms with Crippen LogP contribution in [0.25, 0.3) is 0 Å². The smallest absolute Gasteiger partial charge is 0.253 e. The van der Waals surface area contributed by atoms with Gasteiger partial charge >= 0.3 is 0 Å². The Morgan fingerprint density at radius 1 is 0.606 bits per heavy atom. The molecule has 0 saturated carbocycles. The van der Waals surface area contributed by atoms with Crippen molar-refractivity contribution in [1.29, 1.82) is 0 Å². The van der Waals surface area contributed by atoms with E-state index in [-0.39, 0.29) is 11.8 Å². The van der Waals surface area contributed by atoms with Crippen LogP contribution in [0.1, 0.15) is 32.4 Å². The predicted octanol–water partition coefficient (Wildman–Crippen LogP) is 3.58. The second kappa shape index (κ2) is 10.9. The van der Waals surface area contributed by atoms with Crippen molar-refractivity contribution in [2.45, 2.75) is 6.17 Å². The third-order valence-corrected chi connectivity index (χ3v) is 5.00. The second-order valence-corrected chi connectivity index (χ2v) is 6.95. The highest BCUT2D eigenvalue weighted by Gasteiger charge is 2.21. The summed E-state index contributed by atoms with van der Waals surface area (Å²) < 4.78 is 21.0. The summed E-state index contributed by atoms with van der Waals surface area (Å²) >= 11 is 0. The molecule has 0 fully saturated rings. The van der Waals surface area contributed by atoms with Gasteiger partial charge in [0, 0.05) is 11.1 Å². The van der Waals surface area contributed by atoms with Crippen LogP contribution in [-0.4, -0.2) is 40.3 Å². The van der Waals surface area contributed by atoms with Crippen LogP contribution in [0.4, 0.5) is 0 Å². The maximum atomic E-state index is 12.9. The minimum absolute atomic E-state index is 0.368. The standard InChI is InChI=1S/C25H26N2O6/c1-30-19-10-5-16(6-11-19)24(28)26-23(18-9-14-21(32-3)22(15-18)33-4)27-25(29)17-7-12-20(31-2)13-8-17/h5-15,23H,1-4H3,(H,26,28)(H,27,29). The molecule has 0 aliphatic heterocycles. The number of benzene rings is 3. The fourth-order valence-corrected chi connectivity index (χ4v) is 3.15. The summed E-state index contributed by atoms with van der Waals surface area (Å²) in [6.45, 7) is 0. The molecule has 0 heterocycles. The highest BCUT2D eigenvalue weighted by atomic mass is 16.5. The molecule has 2 N–H and O–H groups in total. The molecule has 172 valence electrons. The predicted molar refractivity (Wildman–Crippen MR) is 123 cm³/mol. The summed E-state index contributed by atoms with van der Waals surface area (Å²) in [6.07, 6.45) is -0.839. The molecule has 0 atom stereocenters. The van der Waals surface area contributed by atoms with Gasteiger partial charge in [-0.15, -0.1) is 0 Å². The van der Waals surface area contributed by atoms with Crippen molar-refractivity contribution in [1.82, 2.24) is 10.6 Å². The van der Waals surface area contributed by atoms with Gasteiger partial charge in [-0.1, -0.05) is 6.07 Å². The van der Waals surface area contributed by atoms with Gasteiger partial charge in [-0.25, -0.2) is 0 Å². The van der Waals surface area contributed by atoms with E-state index in [4.69, 9.17) is 18.9 Å². The lowest BCUT2D eigenvalue weighted by atomic mass is 10.1. The van der Waals surface area contributed by atoms with Crippen LogP contribution in [0.5, 0.6) is 23.0 Å². The molecule has 0 aromatic heterocycles. The normalized spacial score (nSPS) is 10.3. The number of carbonyl (C=O) groups excluding carboxylic acids is 2. The summed E-state index contributed by atoms with van der Waals surface area (Å²) in [5.41, 5.74) is 1.44. The first-order valence-corrected chi connectivity index (χ1v) is 10.1. The Balaban J connectivity index is 1.89. The molecular weight excluding hydrogens is 424 g/mol. The van der Waals surface area contributed by atoms with Crippen LogP contribution in [0.3, 0.4) is 0 Å². The van der Waals surface area contributed by atoms with Gasteiger partial charge in [-0.3, -0.25) is 9.59 Å². The van der Waals surface area contributed by atoms with E-state index in [9.17, 15) is 9.59 Å². The molecule has 8 nitrogen and oxygen atoms in total. The highest BCUT2D eigenvalue weighted by Crippen LogP contribution is 2.29. The van der Waals surface area contributed by atoms with Gasteiger partial charge in [0.2, 0.25) is 0 Å². The van der Waals surface area contributed by atoms with Crippen molar-refractivity contribution >= 4 is 11.8 Å². The van der Waals surface area contributed by atoms with Crippen LogP contribution in [0.2, 0.25) is 0 Å². The van der Waals surface area contributed by atoms with Crippen LogP contribution < -0.4 is 29.6 Å². The Kier molecular flexibility index (Phi) is 7.75. The van der Waals surface area contributed by atoms with Crippen molar-refractivity contribution in [3.63, 3.8) is 0 Å². The molecule has 3 aromatic rings. The summed E-state index contributed by atoms with van der Waals surface area (Å²) in [5, 5.41) is 5.73. The van der Waals surface area contributed by atoms with E-state index in [1.807, 2.05) is 0 Å². The Morgan fingerprint density at radius 2 is 1.06 bits per heavy atom. The average Bonchev–Trinajstić information content (AvgIpc) is 2.87. The summed E-state index contributed by atoms with van der Waals surface area (Å²) in [6, 6.07) is 18.5. The molecule has 3 aromatic carbocycles. The number of carbonyl (C=O) groups is 2. The lowest BCUT2D eigenvalue weighted by molar-refractivity contribution is 0.0883. The van der Waals surface area contributed by atoms with E-state index >= 15 is 0 Å². The van der Waals surface area contributed by atoms with Crippen molar-refractivity contribution in [3.8, 4) is 23.0 Å². The first-order chi connectivity index (χ1) is 16.0. The Bertz CT molecular complexity index is 1040. The van der Waals surface area contributed by atoms with Crippen LogP contribution in [-0.2, 0) is 0 Å². The fourth-order valence-electron chi connectivity index (χ4n) is 3.15.